The number of aromatic nitrogens is 2. The van der Waals surface area contributed by atoms with Crippen LogP contribution in [0.5, 0.6) is 0 Å². The molecular weight excluding hydrogens is 220 g/mol. The summed E-state index contributed by atoms with van der Waals surface area (Å²) in [5.74, 6) is -1.10. The first-order chi connectivity index (χ1) is 8.09. The quantitative estimate of drug-likeness (QED) is 0.839. The summed E-state index contributed by atoms with van der Waals surface area (Å²) in [6, 6.07) is 8.77. The number of hydrogen-bond acceptors (Lipinski definition) is 3. The molecule has 1 heterocycles. The van der Waals surface area contributed by atoms with Crippen molar-refractivity contribution in [3.63, 3.8) is 0 Å². The van der Waals surface area contributed by atoms with E-state index in [1.54, 1.807) is 24.3 Å². The highest BCUT2D eigenvalue weighted by Gasteiger charge is 2.14. The molecule has 1 aromatic heterocycles. The molecule has 86 valence electrons. The zero-order valence-corrected chi connectivity index (χ0v) is 9.12. The number of carboxylic acid groups (broad SMARTS) is 1. The number of benzene rings is 1. The standard InChI is InChI=1S/C12H10N2O3/c1-14-7-9(11(15)16)10(13-12(14)17)8-5-3-2-4-6-8/h2-7H,1H3,(H,15,16). The van der Waals surface area contributed by atoms with Gasteiger partial charge in [-0.2, -0.15) is 4.98 Å². The first kappa shape index (κ1) is 11.1. The number of hydrogen-bond donors (Lipinski definition) is 1. The summed E-state index contributed by atoms with van der Waals surface area (Å²) in [6.07, 6.45) is 1.28. The average molecular weight is 230 g/mol. The maximum Gasteiger partial charge on any atom is 0.347 e. The van der Waals surface area contributed by atoms with E-state index in [0.29, 0.717) is 5.56 Å². The Hall–Kier alpha value is -2.43. The van der Waals surface area contributed by atoms with Gasteiger partial charge < -0.3 is 9.67 Å². The van der Waals surface area contributed by atoms with E-state index in [2.05, 4.69) is 4.98 Å². The molecule has 0 aliphatic heterocycles. The van der Waals surface area contributed by atoms with Gasteiger partial charge in [0.1, 0.15) is 5.56 Å². The second kappa shape index (κ2) is 4.21. The Morgan fingerprint density at radius 1 is 1.29 bits per heavy atom. The molecule has 0 bridgehead atoms. The highest BCUT2D eigenvalue weighted by molar-refractivity contribution is 5.94. The Kier molecular flexibility index (Phi) is 2.74. The van der Waals surface area contributed by atoms with Crippen molar-refractivity contribution in [2.24, 2.45) is 7.05 Å². The molecule has 0 saturated carbocycles. The molecule has 0 aliphatic carbocycles. The number of aromatic carboxylic acids is 1. The van der Waals surface area contributed by atoms with Crippen molar-refractivity contribution in [2.45, 2.75) is 0 Å². The monoisotopic (exact) mass is 230 g/mol. The van der Waals surface area contributed by atoms with Crippen LogP contribution in [0.4, 0.5) is 0 Å². The normalized spacial score (nSPS) is 10.2. The lowest BCUT2D eigenvalue weighted by molar-refractivity contribution is 0.0696. The van der Waals surface area contributed by atoms with Crippen molar-refractivity contribution in [1.82, 2.24) is 9.55 Å². The highest BCUT2D eigenvalue weighted by atomic mass is 16.4. The molecule has 2 rings (SSSR count). The van der Waals surface area contributed by atoms with Gasteiger partial charge in [0.2, 0.25) is 0 Å². The van der Waals surface area contributed by atoms with E-state index in [1.165, 1.54) is 13.2 Å². The van der Waals surface area contributed by atoms with Gasteiger partial charge in [-0.3, -0.25) is 0 Å². The summed E-state index contributed by atoms with van der Waals surface area (Å²) >= 11 is 0. The van der Waals surface area contributed by atoms with Gasteiger partial charge in [0.15, 0.2) is 0 Å². The fourth-order valence-electron chi connectivity index (χ4n) is 1.52. The zero-order valence-electron chi connectivity index (χ0n) is 9.12. The van der Waals surface area contributed by atoms with Crippen LogP contribution in [-0.4, -0.2) is 20.6 Å². The third-order valence-corrected chi connectivity index (χ3v) is 2.36. The van der Waals surface area contributed by atoms with E-state index in [9.17, 15) is 9.59 Å². The molecule has 5 nitrogen and oxygen atoms in total. The Bertz CT molecular complexity index is 617. The van der Waals surface area contributed by atoms with Gasteiger partial charge >= 0.3 is 11.7 Å². The largest absolute Gasteiger partial charge is 0.478 e. The van der Waals surface area contributed by atoms with Crippen molar-refractivity contribution < 1.29 is 9.90 Å². The van der Waals surface area contributed by atoms with E-state index in [4.69, 9.17) is 5.11 Å². The molecular formula is C12H10N2O3. The van der Waals surface area contributed by atoms with Crippen LogP contribution >= 0.6 is 0 Å². The van der Waals surface area contributed by atoms with Gasteiger partial charge in [0.05, 0.1) is 5.69 Å². The molecule has 17 heavy (non-hydrogen) atoms. The van der Waals surface area contributed by atoms with Gasteiger partial charge in [-0.1, -0.05) is 30.3 Å². The average Bonchev–Trinajstić information content (AvgIpc) is 2.33. The molecule has 0 atom stereocenters. The highest BCUT2D eigenvalue weighted by Crippen LogP contribution is 2.19. The number of carboxylic acids is 1. The molecule has 0 unspecified atom stereocenters. The molecule has 0 amide bonds. The fraction of sp³-hybridized carbons (Fsp3) is 0.0833. The summed E-state index contributed by atoms with van der Waals surface area (Å²) < 4.78 is 1.15. The van der Waals surface area contributed by atoms with Crippen molar-refractivity contribution >= 4 is 5.97 Å². The van der Waals surface area contributed by atoms with Crippen molar-refractivity contribution in [3.8, 4) is 11.3 Å². The number of nitrogens with zero attached hydrogens (tertiary/aromatic N) is 2. The molecule has 2 aromatic rings. The third-order valence-electron chi connectivity index (χ3n) is 2.36. The predicted molar refractivity (Wildman–Crippen MR) is 61.9 cm³/mol. The van der Waals surface area contributed by atoms with Crippen LogP contribution in [-0.2, 0) is 7.05 Å². The molecule has 1 aromatic carbocycles. The van der Waals surface area contributed by atoms with Gasteiger partial charge in [0, 0.05) is 18.8 Å². The summed E-state index contributed by atoms with van der Waals surface area (Å²) in [5.41, 5.74) is 0.343. The Labute approximate surface area is 97.0 Å². The minimum atomic E-state index is -1.10. The molecule has 0 aliphatic rings. The second-order valence-electron chi connectivity index (χ2n) is 3.57. The third kappa shape index (κ3) is 2.08. The van der Waals surface area contributed by atoms with Gasteiger partial charge in [-0.05, 0) is 0 Å². The van der Waals surface area contributed by atoms with E-state index >= 15 is 0 Å². The van der Waals surface area contributed by atoms with E-state index in [0.717, 1.165) is 4.57 Å². The van der Waals surface area contributed by atoms with Crippen LogP contribution in [0.3, 0.4) is 0 Å². The molecule has 1 N–H and O–H groups in total. The Balaban J connectivity index is 2.73. The first-order valence-corrected chi connectivity index (χ1v) is 4.96. The molecule has 0 fully saturated rings. The maximum absolute atomic E-state index is 11.4. The summed E-state index contributed by atoms with van der Waals surface area (Å²) in [5, 5.41) is 9.09. The number of rotatable bonds is 2. The predicted octanol–water partition coefficient (Wildman–Crippen LogP) is 1.15. The molecule has 5 heteroatoms. The van der Waals surface area contributed by atoms with Gasteiger partial charge in [-0.15, -0.1) is 0 Å². The number of carbonyl (C=O) groups is 1. The van der Waals surface area contributed by atoms with Crippen LogP contribution in [0.1, 0.15) is 10.4 Å². The lowest BCUT2D eigenvalue weighted by atomic mass is 10.1. The summed E-state index contributed by atoms with van der Waals surface area (Å²) in [7, 11) is 1.47. The van der Waals surface area contributed by atoms with Gasteiger partial charge in [-0.25, -0.2) is 9.59 Å². The minimum absolute atomic E-state index is 0.0123. The van der Waals surface area contributed by atoms with Crippen molar-refractivity contribution in [2.75, 3.05) is 0 Å². The maximum atomic E-state index is 11.4. The lowest BCUT2D eigenvalue weighted by Crippen LogP contribution is -2.22. The smallest absolute Gasteiger partial charge is 0.347 e. The minimum Gasteiger partial charge on any atom is -0.478 e. The molecule has 0 spiro atoms. The summed E-state index contributed by atoms with van der Waals surface area (Å²) in [6.45, 7) is 0. The SMILES string of the molecule is Cn1cc(C(=O)O)c(-c2ccccc2)nc1=O. The number of aryl methyl sites for hydroxylation is 1. The van der Waals surface area contributed by atoms with Crippen LogP contribution in [0, 0.1) is 0 Å². The van der Waals surface area contributed by atoms with Crippen LogP contribution in [0.15, 0.2) is 41.3 Å². The topological polar surface area (TPSA) is 72.2 Å². The van der Waals surface area contributed by atoms with Crippen molar-refractivity contribution in [1.29, 1.82) is 0 Å². The second-order valence-corrected chi connectivity index (χ2v) is 3.57. The lowest BCUT2D eigenvalue weighted by Gasteiger charge is -2.06. The van der Waals surface area contributed by atoms with E-state index < -0.39 is 11.7 Å². The van der Waals surface area contributed by atoms with Crippen LogP contribution in [0.2, 0.25) is 0 Å². The molecule has 0 saturated heterocycles. The van der Waals surface area contributed by atoms with Crippen LogP contribution < -0.4 is 5.69 Å². The van der Waals surface area contributed by atoms with E-state index in [-0.39, 0.29) is 11.3 Å². The first-order valence-electron chi connectivity index (χ1n) is 4.96. The Morgan fingerprint density at radius 3 is 2.53 bits per heavy atom. The van der Waals surface area contributed by atoms with Crippen LogP contribution in [0.25, 0.3) is 11.3 Å². The van der Waals surface area contributed by atoms with E-state index in [1.807, 2.05) is 6.07 Å². The Morgan fingerprint density at radius 2 is 1.94 bits per heavy atom. The zero-order chi connectivity index (χ0) is 12.4. The van der Waals surface area contributed by atoms with Gasteiger partial charge in [0.25, 0.3) is 0 Å². The molecule has 0 radical (unpaired) electrons. The fourth-order valence-corrected chi connectivity index (χ4v) is 1.52. The van der Waals surface area contributed by atoms with Crippen molar-refractivity contribution in [3.05, 3.63) is 52.6 Å². The summed E-state index contributed by atoms with van der Waals surface area (Å²) in [4.78, 5) is 26.3.